The molecule has 0 spiro atoms. The van der Waals surface area contributed by atoms with Gasteiger partial charge in [-0.15, -0.1) is 0 Å². The molecule has 0 aromatic heterocycles. The molecule has 2 atom stereocenters. The first-order valence-corrected chi connectivity index (χ1v) is 11.8. The monoisotopic (exact) mass is 485 g/mol. The van der Waals surface area contributed by atoms with Gasteiger partial charge in [0.05, 0.1) is 28.3 Å². The lowest BCUT2D eigenvalue weighted by Gasteiger charge is -2.42. The van der Waals surface area contributed by atoms with E-state index in [0.29, 0.717) is 45.3 Å². The molecule has 2 N–H and O–H groups in total. The predicted octanol–water partition coefficient (Wildman–Crippen LogP) is 6.69. The van der Waals surface area contributed by atoms with E-state index in [4.69, 9.17) is 28.9 Å². The Morgan fingerprint density at radius 1 is 0.882 bits per heavy atom. The first kappa shape index (κ1) is 22.3. The molecule has 0 amide bonds. The van der Waals surface area contributed by atoms with Gasteiger partial charge in [0.15, 0.2) is 5.78 Å². The maximum absolute atomic E-state index is 13.8. The van der Waals surface area contributed by atoms with Gasteiger partial charge >= 0.3 is 0 Å². The van der Waals surface area contributed by atoms with Crippen molar-refractivity contribution in [3.63, 3.8) is 0 Å². The number of para-hydroxylation sites is 1. The molecule has 0 bridgehead atoms. The first-order chi connectivity index (χ1) is 16.5. The second-order valence-corrected chi connectivity index (χ2v) is 9.27. The second kappa shape index (κ2) is 9.02. The van der Waals surface area contributed by atoms with Crippen LogP contribution in [-0.2, 0) is 4.79 Å². The fourth-order valence-corrected chi connectivity index (χ4v) is 5.48. The van der Waals surface area contributed by atoms with E-state index >= 15 is 0 Å². The predicted molar refractivity (Wildman–Crippen MR) is 135 cm³/mol. The molecular formula is C28H21Cl2N3O. The van der Waals surface area contributed by atoms with Crippen LogP contribution in [0.4, 0.5) is 5.69 Å². The number of carbonyl (C=O) groups excluding carboxylic acids is 1. The molecule has 0 fully saturated rings. The average molecular weight is 486 g/mol. The van der Waals surface area contributed by atoms with Crippen molar-refractivity contribution in [3.8, 4) is 6.07 Å². The highest BCUT2D eigenvalue weighted by Crippen LogP contribution is 2.50. The highest BCUT2D eigenvalue weighted by atomic mass is 35.5. The van der Waals surface area contributed by atoms with Gasteiger partial charge in [0, 0.05) is 22.7 Å². The van der Waals surface area contributed by atoms with Crippen molar-refractivity contribution >= 4 is 34.7 Å². The summed E-state index contributed by atoms with van der Waals surface area (Å²) in [5.74, 6) is -0.393. The lowest BCUT2D eigenvalue weighted by molar-refractivity contribution is -0.116. The number of ketones is 1. The van der Waals surface area contributed by atoms with Crippen LogP contribution in [0.5, 0.6) is 0 Å². The standard InChI is InChI=1S/C28H21Cl2N3O/c29-21-11-5-4-10-19(21)26-20(16-31)28(32)33(23-13-7-6-12-22(23)30)24-14-18(15-25(34)27(24)26)17-8-2-1-3-9-17/h1-13,18,26H,14-15,32H2. The van der Waals surface area contributed by atoms with Crippen molar-refractivity contribution in [1.82, 2.24) is 0 Å². The molecule has 1 aliphatic carbocycles. The summed E-state index contributed by atoms with van der Waals surface area (Å²) in [7, 11) is 0. The Labute approximate surface area is 208 Å². The SMILES string of the molecule is N#CC1=C(N)N(c2ccccc2Cl)C2=C(C(=O)CC(c3ccccc3)C2)C1c1ccccc1Cl. The Morgan fingerprint density at radius 3 is 2.21 bits per heavy atom. The van der Waals surface area contributed by atoms with Gasteiger partial charge in [-0.25, -0.2) is 0 Å². The highest BCUT2D eigenvalue weighted by Gasteiger charge is 2.43. The summed E-state index contributed by atoms with van der Waals surface area (Å²) in [6.45, 7) is 0. The maximum atomic E-state index is 13.8. The number of nitrogens with zero attached hydrogens (tertiary/aromatic N) is 2. The maximum Gasteiger partial charge on any atom is 0.162 e. The van der Waals surface area contributed by atoms with Crippen molar-refractivity contribution in [1.29, 1.82) is 5.26 Å². The third-order valence-electron chi connectivity index (χ3n) is 6.55. The van der Waals surface area contributed by atoms with Gasteiger partial charge < -0.3 is 5.73 Å². The quantitative estimate of drug-likeness (QED) is 0.448. The molecule has 0 radical (unpaired) electrons. The molecule has 0 saturated carbocycles. The summed E-state index contributed by atoms with van der Waals surface area (Å²) in [6.07, 6.45) is 0.926. The zero-order chi connectivity index (χ0) is 23.8. The number of benzene rings is 3. The summed E-state index contributed by atoms with van der Waals surface area (Å²) in [5.41, 5.74) is 10.7. The number of anilines is 1. The van der Waals surface area contributed by atoms with Crippen molar-refractivity contribution in [2.24, 2.45) is 5.73 Å². The third kappa shape index (κ3) is 3.68. The molecular weight excluding hydrogens is 465 g/mol. The molecule has 1 heterocycles. The van der Waals surface area contributed by atoms with Crippen molar-refractivity contribution in [2.45, 2.75) is 24.7 Å². The van der Waals surface area contributed by atoms with E-state index in [0.717, 1.165) is 11.3 Å². The molecule has 2 aliphatic rings. The molecule has 34 heavy (non-hydrogen) atoms. The van der Waals surface area contributed by atoms with Gasteiger partial charge in [-0.1, -0.05) is 83.9 Å². The molecule has 5 rings (SSSR count). The molecule has 4 nitrogen and oxygen atoms in total. The molecule has 168 valence electrons. The molecule has 1 aliphatic heterocycles. The molecule has 0 saturated heterocycles. The Hall–Kier alpha value is -3.52. The van der Waals surface area contributed by atoms with Crippen LogP contribution in [0.15, 0.2) is 102 Å². The van der Waals surface area contributed by atoms with E-state index in [1.165, 1.54) is 0 Å². The molecule has 6 heteroatoms. The second-order valence-electron chi connectivity index (χ2n) is 8.45. The van der Waals surface area contributed by atoms with Crippen LogP contribution >= 0.6 is 23.2 Å². The van der Waals surface area contributed by atoms with Crippen molar-refractivity contribution in [2.75, 3.05) is 4.90 Å². The van der Waals surface area contributed by atoms with E-state index in [9.17, 15) is 10.1 Å². The third-order valence-corrected chi connectivity index (χ3v) is 7.21. The number of nitriles is 1. The van der Waals surface area contributed by atoms with Gasteiger partial charge in [-0.2, -0.15) is 5.26 Å². The van der Waals surface area contributed by atoms with Crippen LogP contribution in [0, 0.1) is 11.3 Å². The zero-order valence-corrected chi connectivity index (χ0v) is 19.7. The Bertz CT molecular complexity index is 1390. The molecule has 2 unspecified atom stereocenters. The summed E-state index contributed by atoms with van der Waals surface area (Å²) in [6, 6.07) is 26.9. The van der Waals surface area contributed by atoms with E-state index in [1.807, 2.05) is 66.7 Å². The number of allylic oxidation sites excluding steroid dienone is 3. The number of Topliss-reactive ketones (excluding diaryl/α,β-unsaturated/α-hetero) is 1. The summed E-state index contributed by atoms with van der Waals surface area (Å²) >= 11 is 13.2. The van der Waals surface area contributed by atoms with E-state index in [2.05, 4.69) is 6.07 Å². The fraction of sp³-hybridized carbons (Fsp3) is 0.143. The van der Waals surface area contributed by atoms with Gasteiger partial charge in [-0.3, -0.25) is 9.69 Å². The average Bonchev–Trinajstić information content (AvgIpc) is 2.85. The minimum atomic E-state index is -0.628. The fourth-order valence-electron chi connectivity index (χ4n) is 5.02. The van der Waals surface area contributed by atoms with Crippen LogP contribution in [0.3, 0.4) is 0 Å². The van der Waals surface area contributed by atoms with E-state index in [1.54, 1.807) is 17.0 Å². The van der Waals surface area contributed by atoms with Gasteiger partial charge in [-0.05, 0) is 41.7 Å². The highest BCUT2D eigenvalue weighted by molar-refractivity contribution is 6.33. The zero-order valence-electron chi connectivity index (χ0n) is 18.2. The van der Waals surface area contributed by atoms with Crippen LogP contribution < -0.4 is 10.6 Å². The number of carbonyl (C=O) groups is 1. The van der Waals surface area contributed by atoms with Crippen LogP contribution in [0.2, 0.25) is 10.0 Å². The largest absolute Gasteiger partial charge is 0.384 e. The summed E-state index contributed by atoms with van der Waals surface area (Å²) in [4.78, 5) is 15.6. The van der Waals surface area contributed by atoms with Crippen molar-refractivity contribution in [3.05, 3.63) is 123 Å². The lowest BCUT2D eigenvalue weighted by Crippen LogP contribution is -2.40. The topological polar surface area (TPSA) is 70.1 Å². The number of halogens is 2. The minimum Gasteiger partial charge on any atom is -0.384 e. The lowest BCUT2D eigenvalue weighted by atomic mass is 9.72. The minimum absolute atomic E-state index is 0.0132. The number of hydrogen-bond donors (Lipinski definition) is 1. The Balaban J connectivity index is 1.76. The first-order valence-electron chi connectivity index (χ1n) is 11.0. The number of rotatable bonds is 3. The summed E-state index contributed by atoms with van der Waals surface area (Å²) < 4.78 is 0. The molecule has 3 aromatic rings. The molecule has 3 aromatic carbocycles. The summed E-state index contributed by atoms with van der Waals surface area (Å²) in [5, 5.41) is 11.2. The number of nitrogens with two attached hydrogens (primary N) is 1. The van der Waals surface area contributed by atoms with Gasteiger partial charge in [0.2, 0.25) is 0 Å². The van der Waals surface area contributed by atoms with Crippen LogP contribution in [-0.4, -0.2) is 5.78 Å². The van der Waals surface area contributed by atoms with E-state index < -0.39 is 5.92 Å². The van der Waals surface area contributed by atoms with Gasteiger partial charge in [0.25, 0.3) is 0 Å². The van der Waals surface area contributed by atoms with Crippen molar-refractivity contribution < 1.29 is 4.79 Å². The Morgan fingerprint density at radius 2 is 1.53 bits per heavy atom. The van der Waals surface area contributed by atoms with Crippen LogP contribution in [0.25, 0.3) is 0 Å². The Kier molecular flexibility index (Phi) is 5.91. The van der Waals surface area contributed by atoms with E-state index in [-0.39, 0.29) is 17.5 Å². The van der Waals surface area contributed by atoms with Gasteiger partial charge in [0.1, 0.15) is 5.82 Å². The number of hydrogen-bond acceptors (Lipinski definition) is 4. The smallest absolute Gasteiger partial charge is 0.162 e. The van der Waals surface area contributed by atoms with Crippen LogP contribution in [0.1, 0.15) is 35.8 Å². The normalized spacial score (nSPS) is 20.3.